The molecule has 2 N–H and O–H groups in total. The van der Waals surface area contributed by atoms with Crippen molar-refractivity contribution in [3.63, 3.8) is 0 Å². The van der Waals surface area contributed by atoms with Gasteiger partial charge in [0.2, 0.25) is 0 Å². The van der Waals surface area contributed by atoms with Crippen LogP contribution in [0.25, 0.3) is 0 Å². The largest absolute Gasteiger partial charge is 0.342 e. The molecule has 27 heavy (non-hydrogen) atoms. The highest BCUT2D eigenvalue weighted by Gasteiger charge is 2.46. The summed E-state index contributed by atoms with van der Waals surface area (Å²) in [5.74, 6) is 1.04. The number of benzene rings is 1. The predicted octanol–water partition coefficient (Wildman–Crippen LogP) is 3.75. The number of likely N-dealkylation sites (tertiary alicyclic amines) is 1. The van der Waals surface area contributed by atoms with Gasteiger partial charge in [-0.3, -0.25) is 15.1 Å². The third kappa shape index (κ3) is 3.64. The van der Waals surface area contributed by atoms with Crippen molar-refractivity contribution in [3.05, 3.63) is 52.2 Å². The van der Waals surface area contributed by atoms with Gasteiger partial charge in [-0.2, -0.15) is 0 Å². The van der Waals surface area contributed by atoms with Crippen LogP contribution in [0.1, 0.15) is 42.4 Å². The molecule has 1 saturated heterocycles. The summed E-state index contributed by atoms with van der Waals surface area (Å²) in [5.41, 5.74) is 1.76. The Kier molecular flexibility index (Phi) is 4.56. The summed E-state index contributed by atoms with van der Waals surface area (Å²) in [6.07, 6.45) is 0.847. The molecule has 1 aromatic heterocycles. The highest BCUT2D eigenvalue weighted by molar-refractivity contribution is 7.12. The maximum absolute atomic E-state index is 12.9. The molecule has 2 aliphatic heterocycles. The molecule has 4 rings (SSSR count). The molecule has 1 amide bonds. The summed E-state index contributed by atoms with van der Waals surface area (Å²) >= 11 is 1.50. The van der Waals surface area contributed by atoms with E-state index in [2.05, 4.69) is 49.6 Å². The van der Waals surface area contributed by atoms with Crippen LogP contribution in [0.3, 0.4) is 0 Å². The number of para-hydroxylation sites is 1. The predicted molar refractivity (Wildman–Crippen MR) is 112 cm³/mol. The Morgan fingerprint density at radius 3 is 2.78 bits per heavy atom. The first-order valence-corrected chi connectivity index (χ1v) is 10.3. The molecule has 1 aromatic carbocycles. The highest BCUT2D eigenvalue weighted by atomic mass is 32.1. The van der Waals surface area contributed by atoms with Crippen LogP contribution in [0.4, 0.5) is 5.69 Å². The van der Waals surface area contributed by atoms with E-state index in [4.69, 9.17) is 4.99 Å². The number of hydrogen-bond acceptors (Lipinski definition) is 4. The maximum atomic E-state index is 12.9. The van der Waals surface area contributed by atoms with Gasteiger partial charge in [-0.15, -0.1) is 11.3 Å². The second kappa shape index (κ2) is 6.77. The molecule has 3 heterocycles. The van der Waals surface area contributed by atoms with Crippen LogP contribution in [-0.4, -0.2) is 40.8 Å². The zero-order valence-electron chi connectivity index (χ0n) is 16.1. The number of fused-ring (bicyclic) bond motifs is 1. The number of amidine groups is 1. The second-order valence-electron chi connectivity index (χ2n) is 8.30. The fourth-order valence-electron chi connectivity index (χ4n) is 3.74. The van der Waals surface area contributed by atoms with Gasteiger partial charge in [-0.25, -0.2) is 0 Å². The van der Waals surface area contributed by atoms with Crippen LogP contribution < -0.4 is 10.6 Å². The number of thiophene rings is 1. The highest BCUT2D eigenvalue weighted by Crippen LogP contribution is 2.31. The molecule has 6 heteroatoms. The van der Waals surface area contributed by atoms with E-state index in [-0.39, 0.29) is 17.0 Å². The van der Waals surface area contributed by atoms with E-state index in [0.29, 0.717) is 6.54 Å². The molecule has 2 aromatic rings. The van der Waals surface area contributed by atoms with Crippen molar-refractivity contribution in [2.45, 2.75) is 44.8 Å². The molecule has 0 bridgehead atoms. The quantitative estimate of drug-likeness (QED) is 0.790. The smallest absolute Gasteiger partial charge is 0.263 e. The molecular formula is C21H26N4OS. The van der Waals surface area contributed by atoms with Crippen molar-refractivity contribution < 1.29 is 4.79 Å². The minimum Gasteiger partial charge on any atom is -0.342 e. The number of nitrogens with zero attached hydrogens (tertiary/aromatic N) is 2. The summed E-state index contributed by atoms with van der Waals surface area (Å²) in [4.78, 5) is 20.7. The van der Waals surface area contributed by atoms with Gasteiger partial charge in [-0.05, 0) is 50.3 Å². The van der Waals surface area contributed by atoms with Crippen LogP contribution in [0.2, 0.25) is 0 Å². The van der Waals surface area contributed by atoms with E-state index >= 15 is 0 Å². The van der Waals surface area contributed by atoms with E-state index < -0.39 is 0 Å². The summed E-state index contributed by atoms with van der Waals surface area (Å²) in [6.45, 7) is 8.43. The minimum absolute atomic E-state index is 0.112. The van der Waals surface area contributed by atoms with E-state index in [0.717, 1.165) is 35.9 Å². The van der Waals surface area contributed by atoms with Gasteiger partial charge in [0.15, 0.2) is 0 Å². The van der Waals surface area contributed by atoms with Crippen LogP contribution >= 0.6 is 11.3 Å². The number of amides is 1. The Balaban J connectivity index is 1.68. The van der Waals surface area contributed by atoms with E-state index in [1.807, 2.05) is 28.5 Å². The van der Waals surface area contributed by atoms with E-state index in [1.54, 1.807) is 0 Å². The number of rotatable bonds is 1. The normalized spacial score (nSPS) is 24.0. The topological polar surface area (TPSA) is 56.7 Å². The van der Waals surface area contributed by atoms with Crippen LogP contribution in [0, 0.1) is 0 Å². The average Bonchev–Trinajstić information content (AvgIpc) is 3.27. The molecule has 2 aliphatic rings. The van der Waals surface area contributed by atoms with Crippen molar-refractivity contribution >= 4 is 28.8 Å². The van der Waals surface area contributed by atoms with Crippen LogP contribution in [0.15, 0.2) is 46.8 Å². The molecule has 1 spiro atoms. The van der Waals surface area contributed by atoms with Crippen LogP contribution in [-0.2, 0) is 6.54 Å². The van der Waals surface area contributed by atoms with Gasteiger partial charge < -0.3 is 10.2 Å². The third-order valence-electron chi connectivity index (χ3n) is 5.08. The van der Waals surface area contributed by atoms with Crippen molar-refractivity contribution in [2.24, 2.45) is 4.99 Å². The van der Waals surface area contributed by atoms with Gasteiger partial charge in [0.1, 0.15) is 5.84 Å². The van der Waals surface area contributed by atoms with Gasteiger partial charge in [-0.1, -0.05) is 24.3 Å². The molecule has 0 radical (unpaired) electrons. The standard InChI is InChI=1S/C21H26N4OS/c1-20(2,3)24-19-21(22-13-15-7-4-5-8-16(15)23-19)10-11-25(14-21)18(26)17-9-6-12-27-17/h4-9,12,22H,10-11,13-14H2,1-3H3,(H,23,24). The van der Waals surface area contributed by atoms with Gasteiger partial charge in [0, 0.05) is 25.3 Å². The second-order valence-corrected chi connectivity index (χ2v) is 9.25. The Morgan fingerprint density at radius 2 is 2.04 bits per heavy atom. The molecule has 1 atom stereocenters. The number of hydrogen-bond donors (Lipinski definition) is 2. The summed E-state index contributed by atoms with van der Waals surface area (Å²) < 4.78 is 0. The fraction of sp³-hybridized carbons (Fsp3) is 0.429. The lowest BCUT2D eigenvalue weighted by atomic mass is 9.95. The fourth-order valence-corrected chi connectivity index (χ4v) is 4.43. The Bertz CT molecular complexity index is 869. The molecule has 0 saturated carbocycles. The lowest BCUT2D eigenvalue weighted by Gasteiger charge is -2.32. The number of nitrogens with one attached hydrogen (secondary N) is 2. The lowest BCUT2D eigenvalue weighted by Crippen LogP contribution is -2.56. The van der Waals surface area contributed by atoms with Crippen molar-refractivity contribution in [3.8, 4) is 0 Å². The molecule has 142 valence electrons. The first kappa shape index (κ1) is 18.2. The van der Waals surface area contributed by atoms with Crippen molar-refractivity contribution in [1.29, 1.82) is 0 Å². The zero-order valence-corrected chi connectivity index (χ0v) is 16.9. The van der Waals surface area contributed by atoms with E-state index in [1.165, 1.54) is 16.9 Å². The number of anilines is 1. The third-order valence-corrected chi connectivity index (χ3v) is 5.93. The first-order valence-electron chi connectivity index (χ1n) is 9.39. The average molecular weight is 383 g/mol. The van der Waals surface area contributed by atoms with Gasteiger partial charge in [0.25, 0.3) is 5.91 Å². The van der Waals surface area contributed by atoms with Crippen molar-refractivity contribution in [2.75, 3.05) is 18.4 Å². The molecular weight excluding hydrogens is 356 g/mol. The molecule has 1 unspecified atom stereocenters. The summed E-state index contributed by atoms with van der Waals surface area (Å²) in [5, 5.41) is 9.28. The van der Waals surface area contributed by atoms with Crippen molar-refractivity contribution in [1.82, 2.24) is 10.2 Å². The summed E-state index contributed by atoms with van der Waals surface area (Å²) in [7, 11) is 0. The lowest BCUT2D eigenvalue weighted by molar-refractivity contribution is 0.0790. The molecule has 0 aliphatic carbocycles. The first-order chi connectivity index (χ1) is 12.9. The summed E-state index contributed by atoms with van der Waals surface area (Å²) in [6, 6.07) is 12.2. The van der Waals surface area contributed by atoms with Crippen LogP contribution in [0.5, 0.6) is 0 Å². The number of carbonyl (C=O) groups excluding carboxylic acids is 1. The molecule has 1 fully saturated rings. The van der Waals surface area contributed by atoms with Gasteiger partial charge in [0.05, 0.1) is 16.0 Å². The Morgan fingerprint density at radius 1 is 1.22 bits per heavy atom. The SMILES string of the molecule is CC(C)(C)N=C1Nc2ccccc2CNC12CCN(C(=O)c1cccs1)C2. The van der Waals surface area contributed by atoms with Gasteiger partial charge >= 0.3 is 0 Å². The number of aliphatic imine (C=N–C) groups is 1. The van der Waals surface area contributed by atoms with E-state index in [9.17, 15) is 4.79 Å². The monoisotopic (exact) mass is 382 g/mol. The zero-order chi connectivity index (χ0) is 19.1. The molecule has 5 nitrogen and oxygen atoms in total. The Labute approximate surface area is 164 Å². The minimum atomic E-state index is -0.348. The number of carbonyl (C=O) groups is 1. The Hall–Kier alpha value is -2.18. The maximum Gasteiger partial charge on any atom is 0.263 e.